The van der Waals surface area contributed by atoms with Gasteiger partial charge in [0.1, 0.15) is 5.75 Å². The molecule has 5 heteroatoms. The molecule has 3 N–H and O–H groups in total. The monoisotopic (exact) mass is 296 g/mol. The molecular weight excluding hydrogens is 276 g/mol. The zero-order valence-electron chi connectivity index (χ0n) is 11.7. The van der Waals surface area contributed by atoms with Gasteiger partial charge in [-0.15, -0.1) is 0 Å². The fourth-order valence-electron chi connectivity index (χ4n) is 2.23. The lowest BCUT2D eigenvalue weighted by Crippen LogP contribution is -2.26. The van der Waals surface area contributed by atoms with Crippen molar-refractivity contribution in [2.24, 2.45) is 11.7 Å². The number of ether oxygens (including phenoxy) is 1. The van der Waals surface area contributed by atoms with E-state index in [1.54, 1.807) is 19.1 Å². The lowest BCUT2D eigenvalue weighted by atomic mass is 10.1. The van der Waals surface area contributed by atoms with Crippen LogP contribution in [0.3, 0.4) is 0 Å². The minimum Gasteiger partial charge on any atom is -0.489 e. The molecule has 0 spiro atoms. The molecule has 0 aliphatic heterocycles. The van der Waals surface area contributed by atoms with Crippen molar-refractivity contribution < 1.29 is 9.53 Å². The van der Waals surface area contributed by atoms with E-state index in [1.807, 2.05) is 6.07 Å². The second kappa shape index (κ2) is 6.95. The fourth-order valence-corrected chi connectivity index (χ4v) is 2.46. The van der Waals surface area contributed by atoms with Crippen LogP contribution in [0.4, 0.5) is 5.69 Å². The summed E-state index contributed by atoms with van der Waals surface area (Å²) in [6, 6.07) is 5.33. The first-order valence-corrected chi connectivity index (χ1v) is 7.45. The second-order valence-corrected chi connectivity index (χ2v) is 5.70. The minimum absolute atomic E-state index is 0.104. The summed E-state index contributed by atoms with van der Waals surface area (Å²) < 4.78 is 5.87. The van der Waals surface area contributed by atoms with Crippen LogP contribution in [0.25, 0.3) is 0 Å². The Morgan fingerprint density at radius 2 is 2.20 bits per heavy atom. The van der Waals surface area contributed by atoms with E-state index in [0.29, 0.717) is 23.0 Å². The Bertz CT molecular complexity index is 473. The molecule has 1 aromatic carbocycles. The first-order valence-electron chi connectivity index (χ1n) is 7.07. The maximum atomic E-state index is 11.8. The molecule has 0 radical (unpaired) electrons. The van der Waals surface area contributed by atoms with Gasteiger partial charge >= 0.3 is 0 Å². The number of halogens is 1. The van der Waals surface area contributed by atoms with Crippen molar-refractivity contribution >= 4 is 23.2 Å². The number of anilines is 1. The van der Waals surface area contributed by atoms with E-state index in [-0.39, 0.29) is 17.9 Å². The highest BCUT2D eigenvalue weighted by atomic mass is 35.5. The molecule has 0 heterocycles. The maximum absolute atomic E-state index is 11.8. The van der Waals surface area contributed by atoms with Crippen LogP contribution >= 0.6 is 11.6 Å². The van der Waals surface area contributed by atoms with E-state index in [2.05, 4.69) is 5.32 Å². The Morgan fingerprint density at radius 1 is 1.50 bits per heavy atom. The lowest BCUT2D eigenvalue weighted by molar-refractivity contribution is -0.119. The van der Waals surface area contributed by atoms with Gasteiger partial charge in [0.05, 0.1) is 11.1 Å². The number of hydrogen-bond acceptors (Lipinski definition) is 3. The molecule has 2 rings (SSSR count). The summed E-state index contributed by atoms with van der Waals surface area (Å²) in [6.07, 6.45) is 4.87. The molecule has 1 aliphatic rings. The summed E-state index contributed by atoms with van der Waals surface area (Å²) in [5.41, 5.74) is 6.13. The smallest absolute Gasteiger partial charge is 0.228 e. The van der Waals surface area contributed by atoms with Crippen molar-refractivity contribution in [3.63, 3.8) is 0 Å². The number of amides is 1. The number of benzene rings is 1. The highest BCUT2D eigenvalue weighted by Gasteiger charge is 2.18. The molecule has 1 amide bonds. The third-order valence-electron chi connectivity index (χ3n) is 3.60. The van der Waals surface area contributed by atoms with Crippen LogP contribution in [0.2, 0.25) is 5.02 Å². The molecule has 1 saturated carbocycles. The third-order valence-corrected chi connectivity index (χ3v) is 3.89. The van der Waals surface area contributed by atoms with Crippen molar-refractivity contribution in [1.29, 1.82) is 0 Å². The molecule has 1 unspecified atom stereocenters. The highest BCUT2D eigenvalue weighted by molar-refractivity contribution is 6.32. The maximum Gasteiger partial charge on any atom is 0.228 e. The molecule has 0 bridgehead atoms. The summed E-state index contributed by atoms with van der Waals surface area (Å²) in [6.45, 7) is 2.11. The van der Waals surface area contributed by atoms with E-state index < -0.39 is 0 Å². The van der Waals surface area contributed by atoms with Gasteiger partial charge in [-0.05, 0) is 43.9 Å². The Hall–Kier alpha value is -1.26. The number of nitrogens with one attached hydrogen (secondary N) is 1. The summed E-state index contributed by atoms with van der Waals surface area (Å²) >= 11 is 6.20. The van der Waals surface area contributed by atoms with E-state index in [9.17, 15) is 4.79 Å². The molecule has 0 saturated heterocycles. The zero-order chi connectivity index (χ0) is 14.5. The van der Waals surface area contributed by atoms with Gasteiger partial charge in [0.15, 0.2) is 0 Å². The minimum atomic E-state index is -0.219. The molecule has 110 valence electrons. The SMILES string of the molecule is CC(CN)C(=O)Nc1ccc(OC2CCCC2)c(Cl)c1. The van der Waals surface area contributed by atoms with Gasteiger partial charge < -0.3 is 15.8 Å². The number of hydrogen-bond donors (Lipinski definition) is 2. The summed E-state index contributed by atoms with van der Waals surface area (Å²) in [7, 11) is 0. The number of carbonyl (C=O) groups excluding carboxylic acids is 1. The third kappa shape index (κ3) is 3.87. The van der Waals surface area contributed by atoms with Crippen molar-refractivity contribution in [3.8, 4) is 5.75 Å². The lowest BCUT2D eigenvalue weighted by Gasteiger charge is -2.15. The van der Waals surface area contributed by atoms with Gasteiger partial charge in [0, 0.05) is 18.2 Å². The Balaban J connectivity index is 1.99. The molecule has 0 aromatic heterocycles. The van der Waals surface area contributed by atoms with Crippen LogP contribution < -0.4 is 15.8 Å². The molecular formula is C15H21ClN2O2. The van der Waals surface area contributed by atoms with Crippen molar-refractivity contribution in [2.45, 2.75) is 38.7 Å². The summed E-state index contributed by atoms with van der Waals surface area (Å²) in [5, 5.41) is 3.32. The first-order chi connectivity index (χ1) is 9.60. The van der Waals surface area contributed by atoms with E-state index in [4.69, 9.17) is 22.1 Å². The van der Waals surface area contributed by atoms with Gasteiger partial charge in [0.25, 0.3) is 0 Å². The summed E-state index contributed by atoms with van der Waals surface area (Å²) in [4.78, 5) is 11.8. The Labute approximate surface area is 124 Å². The first kappa shape index (κ1) is 15.1. The molecule has 1 aliphatic carbocycles. The summed E-state index contributed by atoms with van der Waals surface area (Å²) in [5.74, 6) is 0.361. The van der Waals surface area contributed by atoms with Crippen molar-refractivity contribution in [1.82, 2.24) is 0 Å². The highest BCUT2D eigenvalue weighted by Crippen LogP contribution is 2.31. The fraction of sp³-hybridized carbons (Fsp3) is 0.533. The van der Waals surface area contributed by atoms with E-state index >= 15 is 0 Å². The van der Waals surface area contributed by atoms with Crippen molar-refractivity contribution in [2.75, 3.05) is 11.9 Å². The standard InChI is InChI=1S/C15H21ClN2O2/c1-10(9-17)15(19)18-11-6-7-14(13(16)8-11)20-12-4-2-3-5-12/h6-8,10,12H,2-5,9,17H2,1H3,(H,18,19). The quantitative estimate of drug-likeness (QED) is 0.877. The topological polar surface area (TPSA) is 64.4 Å². The molecule has 1 fully saturated rings. The van der Waals surface area contributed by atoms with Crippen LogP contribution in [-0.2, 0) is 4.79 Å². The molecule has 20 heavy (non-hydrogen) atoms. The van der Waals surface area contributed by atoms with Crippen LogP contribution in [0.15, 0.2) is 18.2 Å². The van der Waals surface area contributed by atoms with Gasteiger partial charge in [-0.3, -0.25) is 4.79 Å². The van der Waals surface area contributed by atoms with Crippen LogP contribution in [0, 0.1) is 5.92 Å². The van der Waals surface area contributed by atoms with Crippen LogP contribution in [0.5, 0.6) is 5.75 Å². The largest absolute Gasteiger partial charge is 0.489 e. The van der Waals surface area contributed by atoms with E-state index in [0.717, 1.165) is 12.8 Å². The van der Waals surface area contributed by atoms with Crippen molar-refractivity contribution in [3.05, 3.63) is 23.2 Å². The molecule has 1 atom stereocenters. The molecule has 4 nitrogen and oxygen atoms in total. The zero-order valence-corrected chi connectivity index (χ0v) is 12.5. The second-order valence-electron chi connectivity index (χ2n) is 5.30. The predicted molar refractivity (Wildman–Crippen MR) is 81.2 cm³/mol. The average molecular weight is 297 g/mol. The van der Waals surface area contributed by atoms with Gasteiger partial charge in [-0.25, -0.2) is 0 Å². The van der Waals surface area contributed by atoms with Gasteiger partial charge in [-0.1, -0.05) is 18.5 Å². The van der Waals surface area contributed by atoms with Crippen LogP contribution in [-0.4, -0.2) is 18.6 Å². The normalized spacial score (nSPS) is 16.9. The predicted octanol–water partition coefficient (Wildman–Crippen LogP) is 3.19. The number of nitrogens with two attached hydrogens (primary N) is 1. The van der Waals surface area contributed by atoms with E-state index in [1.165, 1.54) is 12.8 Å². The molecule has 1 aromatic rings. The number of carbonyl (C=O) groups is 1. The number of rotatable bonds is 5. The van der Waals surface area contributed by atoms with Crippen LogP contribution in [0.1, 0.15) is 32.6 Å². The average Bonchev–Trinajstić information content (AvgIpc) is 2.93. The Kier molecular flexibility index (Phi) is 5.26. The van der Waals surface area contributed by atoms with Gasteiger partial charge in [0.2, 0.25) is 5.91 Å². The van der Waals surface area contributed by atoms with Gasteiger partial charge in [-0.2, -0.15) is 0 Å². The Morgan fingerprint density at radius 3 is 2.80 bits per heavy atom.